The van der Waals surface area contributed by atoms with E-state index in [0.717, 1.165) is 0 Å². The van der Waals surface area contributed by atoms with Crippen LogP contribution in [0.2, 0.25) is 18.1 Å². The van der Waals surface area contributed by atoms with Crippen LogP contribution in [-0.2, 0) is 9.47 Å². The highest BCUT2D eigenvalue weighted by molar-refractivity contribution is 6.81. The van der Waals surface area contributed by atoms with Gasteiger partial charge >= 0.3 is 0 Å². The Morgan fingerprint density at radius 3 is 2.06 bits per heavy atom. The summed E-state index contributed by atoms with van der Waals surface area (Å²) in [7, 11) is 0.256. The highest BCUT2D eigenvalue weighted by Gasteiger charge is 2.43. The lowest BCUT2D eigenvalue weighted by molar-refractivity contribution is -0.127. The fraction of sp³-hybridized carbons (Fsp3) is 1.00. The number of methoxy groups -OCH3 is 1. The van der Waals surface area contributed by atoms with Crippen LogP contribution in [0.25, 0.3) is 0 Å². The van der Waals surface area contributed by atoms with Crippen LogP contribution in [-0.4, -0.2) is 27.2 Å². The van der Waals surface area contributed by atoms with Crippen LogP contribution in [0.5, 0.6) is 0 Å². The quantitative estimate of drug-likeness (QED) is 0.352. The van der Waals surface area contributed by atoms with Gasteiger partial charge in [0.05, 0.1) is 13.8 Å². The van der Waals surface area contributed by atoms with E-state index in [1.807, 2.05) is 6.92 Å². The van der Waals surface area contributed by atoms with Crippen LogP contribution in [0.15, 0.2) is 0 Å². The molecular formula is C15H34O2Si. The van der Waals surface area contributed by atoms with E-state index >= 15 is 0 Å². The van der Waals surface area contributed by atoms with Crippen molar-refractivity contribution in [2.75, 3.05) is 7.11 Å². The second-order valence-electron chi connectivity index (χ2n) is 6.90. The van der Waals surface area contributed by atoms with E-state index < -0.39 is 8.07 Å². The van der Waals surface area contributed by atoms with Crippen molar-refractivity contribution in [2.24, 2.45) is 0 Å². The summed E-state index contributed by atoms with van der Waals surface area (Å²) >= 11 is 0. The predicted molar refractivity (Wildman–Crippen MR) is 82.7 cm³/mol. The molecule has 0 rings (SSSR count). The molecule has 0 aliphatic carbocycles. The first-order valence-corrected chi connectivity index (χ1v) is 10.4. The van der Waals surface area contributed by atoms with Gasteiger partial charge in [0, 0.05) is 7.11 Å². The van der Waals surface area contributed by atoms with Crippen LogP contribution < -0.4 is 0 Å². The van der Waals surface area contributed by atoms with Crippen molar-refractivity contribution in [1.29, 1.82) is 0 Å². The zero-order chi connectivity index (χ0) is 14.4. The van der Waals surface area contributed by atoms with E-state index in [1.54, 1.807) is 7.11 Å². The molecule has 0 aromatic heterocycles. The van der Waals surface area contributed by atoms with E-state index in [2.05, 4.69) is 40.8 Å². The van der Waals surface area contributed by atoms with Crippen molar-refractivity contribution >= 4 is 8.07 Å². The molecule has 0 aromatic carbocycles. The van der Waals surface area contributed by atoms with Crippen molar-refractivity contribution in [3.05, 3.63) is 0 Å². The number of hydrogen-bond acceptors (Lipinski definition) is 2. The fourth-order valence-electron chi connectivity index (χ4n) is 1.95. The maximum Gasteiger partial charge on any atom is 0.154 e. The van der Waals surface area contributed by atoms with Crippen LogP contribution in [0.1, 0.15) is 60.3 Å². The Labute approximate surface area is 115 Å². The minimum Gasteiger partial charge on any atom is -0.356 e. The molecule has 2 atom stereocenters. The predicted octanol–water partition coefficient (Wildman–Crippen LogP) is 4.99. The van der Waals surface area contributed by atoms with Crippen LogP contribution >= 0.6 is 0 Å². The lowest BCUT2D eigenvalue weighted by atomic mass is 10.2. The van der Waals surface area contributed by atoms with Gasteiger partial charge in [0.15, 0.2) is 6.29 Å². The van der Waals surface area contributed by atoms with Crippen molar-refractivity contribution in [3.63, 3.8) is 0 Å². The van der Waals surface area contributed by atoms with Crippen molar-refractivity contribution in [2.45, 2.75) is 90.5 Å². The highest BCUT2D eigenvalue weighted by Crippen LogP contribution is 2.40. The maximum absolute atomic E-state index is 6.18. The Bertz CT molecular complexity index is 221. The molecule has 0 radical (unpaired) electrons. The molecule has 0 fully saturated rings. The summed E-state index contributed by atoms with van der Waals surface area (Å²) in [5.41, 5.74) is 0.388. The summed E-state index contributed by atoms with van der Waals surface area (Å²) in [5, 5.41) is 0.358. The van der Waals surface area contributed by atoms with E-state index in [9.17, 15) is 0 Å². The SMILES string of the molecule is CCCCC[C@@H](O[C@H](C)OC)[Si](C)(C)C(C)(C)C. The first-order valence-electron chi connectivity index (χ1n) is 7.35. The van der Waals surface area contributed by atoms with Gasteiger partial charge in [-0.25, -0.2) is 0 Å². The zero-order valence-electron chi connectivity index (χ0n) is 13.8. The van der Waals surface area contributed by atoms with Crippen LogP contribution in [0, 0.1) is 0 Å². The van der Waals surface area contributed by atoms with Crippen molar-refractivity contribution < 1.29 is 9.47 Å². The second kappa shape index (κ2) is 7.66. The lowest BCUT2D eigenvalue weighted by Gasteiger charge is -2.43. The smallest absolute Gasteiger partial charge is 0.154 e. The number of hydrogen-bond donors (Lipinski definition) is 0. The Kier molecular flexibility index (Phi) is 7.72. The number of ether oxygens (including phenoxy) is 2. The monoisotopic (exact) mass is 274 g/mol. The Hall–Kier alpha value is 0.137. The average Bonchev–Trinajstić information content (AvgIpc) is 2.26. The molecule has 0 saturated carbocycles. The molecule has 0 heterocycles. The fourth-order valence-corrected chi connectivity index (χ4v) is 4.37. The third-order valence-corrected chi connectivity index (χ3v) is 10.4. The van der Waals surface area contributed by atoms with Crippen LogP contribution in [0.4, 0.5) is 0 Å². The summed E-state index contributed by atoms with van der Waals surface area (Å²) in [5.74, 6) is 0. The van der Waals surface area contributed by atoms with Gasteiger partial charge in [-0.05, 0) is 18.4 Å². The molecule has 18 heavy (non-hydrogen) atoms. The standard InChI is InChI=1S/C15H34O2Si/c1-9-10-11-12-14(17-13(2)16-6)18(7,8)15(3,4)5/h13-14H,9-12H2,1-8H3/t13-,14+/m1/s1. The lowest BCUT2D eigenvalue weighted by Crippen LogP contribution is -2.51. The molecule has 0 saturated heterocycles. The molecule has 110 valence electrons. The van der Waals surface area contributed by atoms with Gasteiger partial charge in [-0.15, -0.1) is 0 Å². The topological polar surface area (TPSA) is 18.5 Å². The van der Waals surface area contributed by atoms with E-state index in [-0.39, 0.29) is 6.29 Å². The van der Waals surface area contributed by atoms with Gasteiger partial charge < -0.3 is 9.47 Å². The molecule has 0 bridgehead atoms. The molecule has 0 aliphatic heterocycles. The third kappa shape index (κ3) is 5.41. The third-order valence-electron chi connectivity index (χ3n) is 4.50. The van der Waals surface area contributed by atoms with Gasteiger partial charge in [0.2, 0.25) is 0 Å². The van der Waals surface area contributed by atoms with Gasteiger partial charge in [0.1, 0.15) is 0 Å². The van der Waals surface area contributed by atoms with E-state index in [4.69, 9.17) is 9.47 Å². The minimum atomic E-state index is -1.47. The number of unbranched alkanes of at least 4 members (excludes halogenated alkanes) is 2. The van der Waals surface area contributed by atoms with Gasteiger partial charge in [-0.2, -0.15) is 0 Å². The largest absolute Gasteiger partial charge is 0.356 e. The molecule has 0 spiro atoms. The Morgan fingerprint density at radius 1 is 1.11 bits per heavy atom. The van der Waals surface area contributed by atoms with E-state index in [1.165, 1.54) is 25.7 Å². The first-order chi connectivity index (χ1) is 8.16. The van der Waals surface area contributed by atoms with E-state index in [0.29, 0.717) is 10.8 Å². The summed E-state index contributed by atoms with van der Waals surface area (Å²) in [6, 6.07) is 0. The van der Waals surface area contributed by atoms with Crippen molar-refractivity contribution in [1.82, 2.24) is 0 Å². The molecule has 0 aromatic rings. The summed E-state index contributed by atoms with van der Waals surface area (Å²) in [6.45, 7) is 16.2. The molecule has 0 amide bonds. The molecule has 3 heteroatoms. The molecule has 0 unspecified atom stereocenters. The minimum absolute atomic E-state index is 0.0919. The molecule has 0 aliphatic rings. The Morgan fingerprint density at radius 2 is 1.67 bits per heavy atom. The second-order valence-corrected chi connectivity index (χ2v) is 12.5. The summed E-state index contributed by atoms with van der Waals surface area (Å²) < 4.78 is 11.5. The molecule has 0 N–H and O–H groups in total. The van der Waals surface area contributed by atoms with Crippen molar-refractivity contribution in [3.8, 4) is 0 Å². The average molecular weight is 275 g/mol. The van der Waals surface area contributed by atoms with Gasteiger partial charge in [0.25, 0.3) is 0 Å². The summed E-state index contributed by atoms with van der Waals surface area (Å²) in [6.07, 6.45) is 4.92. The number of rotatable bonds is 8. The first kappa shape index (κ1) is 18.1. The van der Waals surface area contributed by atoms with Gasteiger partial charge in [-0.1, -0.05) is 60.1 Å². The molecule has 2 nitrogen and oxygen atoms in total. The van der Waals surface area contributed by atoms with Crippen LogP contribution in [0.3, 0.4) is 0 Å². The zero-order valence-corrected chi connectivity index (χ0v) is 14.8. The Balaban J connectivity index is 4.73. The van der Waals surface area contributed by atoms with Gasteiger partial charge in [-0.3, -0.25) is 0 Å². The molecular weight excluding hydrogens is 240 g/mol. The highest BCUT2D eigenvalue weighted by atomic mass is 28.3. The summed E-state index contributed by atoms with van der Waals surface area (Å²) in [4.78, 5) is 0. The normalized spacial score (nSPS) is 16.7. The maximum atomic E-state index is 6.18.